The summed E-state index contributed by atoms with van der Waals surface area (Å²) < 4.78 is 0. The second-order valence-electron chi connectivity index (χ2n) is 6.46. The van der Waals surface area contributed by atoms with Gasteiger partial charge in [0.15, 0.2) is 0 Å². The van der Waals surface area contributed by atoms with Gasteiger partial charge in [0, 0.05) is 32.2 Å². The van der Waals surface area contributed by atoms with Gasteiger partial charge in [-0.3, -0.25) is 5.32 Å². The Bertz CT molecular complexity index is 313. The Morgan fingerprint density at radius 2 is 1.89 bits per heavy atom. The summed E-state index contributed by atoms with van der Waals surface area (Å²) in [6, 6.07) is 3.08. The minimum Gasteiger partial charge on any atom is -0.304 e. The maximum absolute atomic E-state index is 9.31. The van der Waals surface area contributed by atoms with E-state index in [4.69, 9.17) is 0 Å². The Morgan fingerprint density at radius 1 is 1.21 bits per heavy atom. The molecule has 0 aromatic carbocycles. The quantitative estimate of drug-likeness (QED) is 0.707. The van der Waals surface area contributed by atoms with Crippen LogP contribution in [-0.4, -0.2) is 61.2 Å². The number of unbranched alkanes of at least 4 members (excludes halogenated alkanes) is 1. The van der Waals surface area contributed by atoms with E-state index in [1.54, 1.807) is 0 Å². The molecule has 0 spiro atoms. The van der Waals surface area contributed by atoms with Gasteiger partial charge in [0.25, 0.3) is 0 Å². The third-order valence-corrected chi connectivity index (χ3v) is 4.34. The molecule has 108 valence electrons. The van der Waals surface area contributed by atoms with Crippen LogP contribution in [-0.2, 0) is 0 Å². The number of hydrogen-bond acceptors (Lipinski definition) is 4. The van der Waals surface area contributed by atoms with Crippen molar-refractivity contribution in [2.24, 2.45) is 0 Å². The van der Waals surface area contributed by atoms with Crippen molar-refractivity contribution in [2.75, 3.05) is 39.8 Å². The molecule has 4 nitrogen and oxygen atoms in total. The molecule has 2 fully saturated rings. The molecule has 0 amide bonds. The minimum atomic E-state index is -0.302. The molecule has 1 aliphatic heterocycles. The van der Waals surface area contributed by atoms with Gasteiger partial charge in [0.05, 0.1) is 6.07 Å². The van der Waals surface area contributed by atoms with Crippen LogP contribution in [0.1, 0.15) is 39.0 Å². The van der Waals surface area contributed by atoms with Gasteiger partial charge in [0.2, 0.25) is 0 Å². The van der Waals surface area contributed by atoms with Crippen LogP contribution < -0.4 is 5.32 Å². The van der Waals surface area contributed by atoms with Crippen LogP contribution in [0, 0.1) is 11.3 Å². The average molecular weight is 264 g/mol. The van der Waals surface area contributed by atoms with Gasteiger partial charge in [0.1, 0.15) is 5.54 Å². The first-order valence-electron chi connectivity index (χ1n) is 7.71. The lowest BCUT2D eigenvalue weighted by molar-refractivity contribution is 0.151. The number of piperazine rings is 1. The van der Waals surface area contributed by atoms with Crippen LogP contribution in [0.4, 0.5) is 0 Å². The molecule has 1 saturated heterocycles. The fourth-order valence-corrected chi connectivity index (χ4v) is 2.72. The van der Waals surface area contributed by atoms with E-state index >= 15 is 0 Å². The number of hydrogen-bond donors (Lipinski definition) is 1. The van der Waals surface area contributed by atoms with E-state index < -0.39 is 0 Å². The van der Waals surface area contributed by atoms with Gasteiger partial charge in [-0.25, -0.2) is 0 Å². The molecule has 1 N–H and O–H groups in total. The van der Waals surface area contributed by atoms with E-state index in [1.807, 2.05) is 0 Å². The van der Waals surface area contributed by atoms with Crippen LogP contribution in [0.25, 0.3) is 0 Å². The molecule has 0 bridgehead atoms. The van der Waals surface area contributed by atoms with Gasteiger partial charge < -0.3 is 9.80 Å². The van der Waals surface area contributed by atoms with Crippen molar-refractivity contribution in [1.29, 1.82) is 5.26 Å². The third kappa shape index (κ3) is 5.10. The Hall–Kier alpha value is -0.630. The topological polar surface area (TPSA) is 42.3 Å². The lowest BCUT2D eigenvalue weighted by atomic mass is 9.96. The highest BCUT2D eigenvalue weighted by Gasteiger charge is 2.31. The third-order valence-electron chi connectivity index (χ3n) is 4.34. The monoisotopic (exact) mass is 264 g/mol. The predicted molar refractivity (Wildman–Crippen MR) is 78.0 cm³/mol. The second-order valence-corrected chi connectivity index (χ2v) is 6.46. The maximum Gasteiger partial charge on any atom is 0.104 e. The number of likely N-dealkylation sites (N-methyl/N-ethyl adjacent to an activating group) is 1. The summed E-state index contributed by atoms with van der Waals surface area (Å²) in [4.78, 5) is 4.95. The standard InChI is InChI=1S/C15H28N4/c1-15(13-16,17-14-5-6-14)7-3-4-8-19-11-9-18(2)10-12-19/h14,17H,3-12H2,1-2H3. The van der Waals surface area contributed by atoms with Crippen LogP contribution >= 0.6 is 0 Å². The van der Waals surface area contributed by atoms with Crippen molar-refractivity contribution in [3.63, 3.8) is 0 Å². The van der Waals surface area contributed by atoms with Crippen molar-refractivity contribution in [3.8, 4) is 6.07 Å². The molecule has 2 rings (SSSR count). The van der Waals surface area contributed by atoms with Gasteiger partial charge >= 0.3 is 0 Å². The average Bonchev–Trinajstić information content (AvgIpc) is 3.21. The highest BCUT2D eigenvalue weighted by Crippen LogP contribution is 2.24. The zero-order valence-electron chi connectivity index (χ0n) is 12.5. The van der Waals surface area contributed by atoms with Crippen molar-refractivity contribution in [3.05, 3.63) is 0 Å². The van der Waals surface area contributed by atoms with Crippen molar-refractivity contribution in [1.82, 2.24) is 15.1 Å². The molecule has 2 aliphatic rings. The van der Waals surface area contributed by atoms with Gasteiger partial charge in [-0.15, -0.1) is 0 Å². The summed E-state index contributed by atoms with van der Waals surface area (Å²) in [6.45, 7) is 8.04. The molecular formula is C15H28N4. The normalized spacial score (nSPS) is 24.9. The van der Waals surface area contributed by atoms with Crippen LogP contribution in [0.5, 0.6) is 0 Å². The summed E-state index contributed by atoms with van der Waals surface area (Å²) in [5, 5.41) is 12.8. The molecule has 0 aromatic rings. The van der Waals surface area contributed by atoms with Crippen LogP contribution in [0.3, 0.4) is 0 Å². The molecular weight excluding hydrogens is 236 g/mol. The molecule has 0 radical (unpaired) electrons. The zero-order valence-corrected chi connectivity index (χ0v) is 12.5. The summed E-state index contributed by atoms with van der Waals surface area (Å²) in [6.07, 6.45) is 5.84. The first kappa shape index (κ1) is 14.8. The molecule has 1 aliphatic carbocycles. The highest BCUT2D eigenvalue weighted by molar-refractivity contribution is 5.06. The van der Waals surface area contributed by atoms with E-state index in [1.165, 1.54) is 52.0 Å². The Labute approximate surface area is 117 Å². The fraction of sp³-hybridized carbons (Fsp3) is 0.933. The highest BCUT2D eigenvalue weighted by atomic mass is 15.2. The van der Waals surface area contributed by atoms with Crippen LogP contribution in [0.15, 0.2) is 0 Å². The zero-order chi connectivity index (χ0) is 13.7. The molecule has 1 unspecified atom stereocenters. The number of rotatable bonds is 7. The van der Waals surface area contributed by atoms with Crippen molar-refractivity contribution >= 4 is 0 Å². The van der Waals surface area contributed by atoms with Crippen LogP contribution in [0.2, 0.25) is 0 Å². The molecule has 1 heterocycles. The maximum atomic E-state index is 9.31. The smallest absolute Gasteiger partial charge is 0.104 e. The Morgan fingerprint density at radius 3 is 2.47 bits per heavy atom. The molecule has 19 heavy (non-hydrogen) atoms. The minimum absolute atomic E-state index is 0.302. The van der Waals surface area contributed by atoms with Gasteiger partial charge in [-0.05, 0) is 52.6 Å². The first-order chi connectivity index (χ1) is 9.11. The summed E-state index contributed by atoms with van der Waals surface area (Å²) in [5.41, 5.74) is -0.302. The Balaban J connectivity index is 1.58. The van der Waals surface area contributed by atoms with E-state index in [2.05, 4.69) is 35.2 Å². The SMILES string of the molecule is CN1CCN(CCCCC(C)(C#N)NC2CC2)CC1. The van der Waals surface area contributed by atoms with E-state index in [0.29, 0.717) is 6.04 Å². The number of nitriles is 1. The molecule has 0 aromatic heterocycles. The summed E-state index contributed by atoms with van der Waals surface area (Å²) in [5.74, 6) is 0. The number of nitrogens with one attached hydrogen (secondary N) is 1. The molecule has 1 atom stereocenters. The summed E-state index contributed by atoms with van der Waals surface area (Å²) in [7, 11) is 2.19. The fourth-order valence-electron chi connectivity index (χ4n) is 2.72. The van der Waals surface area contributed by atoms with E-state index in [-0.39, 0.29) is 5.54 Å². The molecule has 4 heteroatoms. The number of nitrogens with zero attached hydrogens (tertiary/aromatic N) is 3. The molecule has 1 saturated carbocycles. The first-order valence-corrected chi connectivity index (χ1v) is 7.71. The van der Waals surface area contributed by atoms with Crippen molar-refractivity contribution < 1.29 is 0 Å². The van der Waals surface area contributed by atoms with Gasteiger partial charge in [-0.2, -0.15) is 5.26 Å². The second kappa shape index (κ2) is 6.69. The van der Waals surface area contributed by atoms with E-state index in [9.17, 15) is 5.26 Å². The summed E-state index contributed by atoms with van der Waals surface area (Å²) >= 11 is 0. The lowest BCUT2D eigenvalue weighted by Gasteiger charge is -2.32. The largest absolute Gasteiger partial charge is 0.304 e. The lowest BCUT2D eigenvalue weighted by Crippen LogP contribution is -2.45. The van der Waals surface area contributed by atoms with Gasteiger partial charge in [-0.1, -0.05) is 0 Å². The van der Waals surface area contributed by atoms with E-state index in [0.717, 1.165) is 12.8 Å². The predicted octanol–water partition coefficient (Wildman–Crippen LogP) is 1.44. The Kier molecular flexibility index (Phi) is 5.20. The van der Waals surface area contributed by atoms with Crippen molar-refractivity contribution in [2.45, 2.75) is 50.6 Å².